The Hall–Kier alpha value is -3.85. The molecule has 214 valence electrons. The lowest BCUT2D eigenvalue weighted by molar-refractivity contribution is -0.139. The van der Waals surface area contributed by atoms with Gasteiger partial charge in [-0.05, 0) is 88.6 Å². The number of rotatable bonds is 11. The SMILES string of the molecule is COc1ccc(CN(C(=O)CN(c2cccc(C)c2C)S(=O)(=O)c2ccc(C)cc2)[C@H](C)C(=O)NC(C)C)cc1. The van der Waals surface area contributed by atoms with Gasteiger partial charge in [0.25, 0.3) is 10.0 Å². The van der Waals surface area contributed by atoms with E-state index < -0.39 is 28.5 Å². The molecule has 3 rings (SSSR count). The quantitative estimate of drug-likeness (QED) is 0.362. The number of hydrogen-bond donors (Lipinski definition) is 1. The number of hydrogen-bond acceptors (Lipinski definition) is 5. The van der Waals surface area contributed by atoms with E-state index in [1.54, 1.807) is 62.6 Å². The molecular formula is C31H39N3O5S. The third-order valence-electron chi connectivity index (χ3n) is 6.84. The number of carbonyl (C=O) groups excluding carboxylic acids is 2. The lowest BCUT2D eigenvalue weighted by Gasteiger charge is -2.33. The van der Waals surface area contributed by atoms with Crippen molar-refractivity contribution in [2.45, 2.75) is 65.1 Å². The lowest BCUT2D eigenvalue weighted by atomic mass is 10.1. The molecule has 0 saturated carbocycles. The monoisotopic (exact) mass is 565 g/mol. The highest BCUT2D eigenvalue weighted by molar-refractivity contribution is 7.92. The number of aryl methyl sites for hydroxylation is 2. The summed E-state index contributed by atoms with van der Waals surface area (Å²) in [6, 6.07) is 18.1. The van der Waals surface area contributed by atoms with Crippen LogP contribution in [-0.4, -0.2) is 50.9 Å². The van der Waals surface area contributed by atoms with Crippen LogP contribution in [0.3, 0.4) is 0 Å². The average molecular weight is 566 g/mol. The fourth-order valence-electron chi connectivity index (χ4n) is 4.27. The van der Waals surface area contributed by atoms with Crippen LogP contribution in [0.4, 0.5) is 5.69 Å². The highest BCUT2D eigenvalue weighted by Crippen LogP contribution is 2.29. The first-order valence-corrected chi connectivity index (χ1v) is 14.7. The van der Waals surface area contributed by atoms with E-state index >= 15 is 0 Å². The minimum atomic E-state index is -4.12. The van der Waals surface area contributed by atoms with E-state index in [2.05, 4.69) is 5.32 Å². The van der Waals surface area contributed by atoms with E-state index in [9.17, 15) is 18.0 Å². The summed E-state index contributed by atoms with van der Waals surface area (Å²) in [5.41, 5.74) is 3.76. The van der Waals surface area contributed by atoms with Gasteiger partial charge in [0.15, 0.2) is 0 Å². The molecule has 0 radical (unpaired) electrons. The van der Waals surface area contributed by atoms with Crippen LogP contribution in [0.5, 0.6) is 5.75 Å². The number of benzene rings is 3. The van der Waals surface area contributed by atoms with E-state index in [1.165, 1.54) is 4.90 Å². The minimum absolute atomic E-state index is 0.0825. The van der Waals surface area contributed by atoms with Gasteiger partial charge >= 0.3 is 0 Å². The van der Waals surface area contributed by atoms with E-state index in [4.69, 9.17) is 4.74 Å². The van der Waals surface area contributed by atoms with Crippen LogP contribution in [0, 0.1) is 20.8 Å². The number of nitrogens with zero attached hydrogens (tertiary/aromatic N) is 2. The van der Waals surface area contributed by atoms with Crippen molar-refractivity contribution in [1.82, 2.24) is 10.2 Å². The average Bonchev–Trinajstić information content (AvgIpc) is 2.91. The Labute approximate surface area is 238 Å². The molecule has 0 aliphatic rings. The van der Waals surface area contributed by atoms with Gasteiger partial charge in [-0.1, -0.05) is 42.0 Å². The molecule has 2 amide bonds. The molecule has 3 aromatic rings. The van der Waals surface area contributed by atoms with Gasteiger partial charge in [-0.15, -0.1) is 0 Å². The third-order valence-corrected chi connectivity index (χ3v) is 8.62. The second-order valence-electron chi connectivity index (χ2n) is 10.3. The molecule has 0 bridgehead atoms. The van der Waals surface area contributed by atoms with Gasteiger partial charge in [-0.3, -0.25) is 13.9 Å². The van der Waals surface area contributed by atoms with Gasteiger partial charge in [-0.25, -0.2) is 8.42 Å². The normalized spacial score (nSPS) is 12.1. The van der Waals surface area contributed by atoms with Gasteiger partial charge in [0.1, 0.15) is 18.3 Å². The molecule has 0 aliphatic carbocycles. The highest BCUT2D eigenvalue weighted by atomic mass is 32.2. The first kappa shape index (κ1) is 30.7. The maximum absolute atomic E-state index is 14.0. The molecule has 0 aliphatic heterocycles. The van der Waals surface area contributed by atoms with Crippen LogP contribution < -0.4 is 14.4 Å². The molecule has 8 nitrogen and oxygen atoms in total. The summed E-state index contributed by atoms with van der Waals surface area (Å²) < 4.78 is 34.4. The molecule has 40 heavy (non-hydrogen) atoms. The molecular weight excluding hydrogens is 526 g/mol. The maximum Gasteiger partial charge on any atom is 0.264 e. The van der Waals surface area contributed by atoms with E-state index in [0.29, 0.717) is 11.4 Å². The molecule has 0 unspecified atom stereocenters. The predicted octanol–water partition coefficient (Wildman–Crippen LogP) is 4.76. The summed E-state index contributed by atoms with van der Waals surface area (Å²) in [4.78, 5) is 28.6. The first-order valence-electron chi connectivity index (χ1n) is 13.2. The van der Waals surface area contributed by atoms with Crippen LogP contribution in [-0.2, 0) is 26.2 Å². The molecule has 0 heterocycles. The topological polar surface area (TPSA) is 96.0 Å². The zero-order valence-electron chi connectivity index (χ0n) is 24.3. The van der Waals surface area contributed by atoms with Crippen molar-refractivity contribution in [3.8, 4) is 5.75 Å². The van der Waals surface area contributed by atoms with Gasteiger partial charge in [-0.2, -0.15) is 0 Å². The summed E-state index contributed by atoms with van der Waals surface area (Å²) >= 11 is 0. The first-order chi connectivity index (χ1) is 18.8. The van der Waals surface area contributed by atoms with Crippen LogP contribution >= 0.6 is 0 Å². The summed E-state index contributed by atoms with van der Waals surface area (Å²) in [5, 5.41) is 2.86. The van der Waals surface area contributed by atoms with Crippen LogP contribution in [0.2, 0.25) is 0 Å². The van der Waals surface area contributed by atoms with Crippen molar-refractivity contribution in [2.24, 2.45) is 0 Å². The highest BCUT2D eigenvalue weighted by Gasteiger charge is 2.33. The van der Waals surface area contributed by atoms with Gasteiger partial charge in [0.05, 0.1) is 17.7 Å². The second-order valence-corrected chi connectivity index (χ2v) is 12.1. The van der Waals surface area contributed by atoms with E-state index in [-0.39, 0.29) is 23.4 Å². The molecule has 3 aromatic carbocycles. The number of anilines is 1. The van der Waals surface area contributed by atoms with Gasteiger partial charge < -0.3 is 15.0 Å². The van der Waals surface area contributed by atoms with Crippen molar-refractivity contribution >= 4 is 27.5 Å². The van der Waals surface area contributed by atoms with Crippen molar-refractivity contribution < 1.29 is 22.7 Å². The molecule has 1 N–H and O–H groups in total. The Bertz CT molecular complexity index is 1430. The van der Waals surface area contributed by atoms with Gasteiger partial charge in [0.2, 0.25) is 11.8 Å². The fraction of sp³-hybridized carbons (Fsp3) is 0.355. The van der Waals surface area contributed by atoms with Crippen LogP contribution in [0.1, 0.15) is 43.0 Å². The van der Waals surface area contributed by atoms with E-state index in [0.717, 1.165) is 26.6 Å². The number of amides is 2. The number of ether oxygens (including phenoxy) is 1. The van der Waals surface area contributed by atoms with Gasteiger partial charge in [0, 0.05) is 12.6 Å². The summed E-state index contributed by atoms with van der Waals surface area (Å²) in [5.74, 6) is -0.159. The molecule has 0 spiro atoms. The molecule has 0 aromatic heterocycles. The third kappa shape index (κ3) is 7.21. The number of methoxy groups -OCH3 is 1. The van der Waals surface area contributed by atoms with Crippen molar-refractivity contribution in [3.63, 3.8) is 0 Å². The van der Waals surface area contributed by atoms with Crippen molar-refractivity contribution in [3.05, 3.63) is 89.0 Å². The van der Waals surface area contributed by atoms with E-state index in [1.807, 2.05) is 52.8 Å². The Morgan fingerprint density at radius 1 is 0.900 bits per heavy atom. The zero-order chi connectivity index (χ0) is 29.6. The Kier molecular flexibility index (Phi) is 9.98. The van der Waals surface area contributed by atoms with Crippen LogP contribution in [0.25, 0.3) is 0 Å². The Morgan fingerprint density at radius 3 is 2.10 bits per heavy atom. The Balaban J connectivity index is 2.06. The molecule has 1 atom stereocenters. The largest absolute Gasteiger partial charge is 0.497 e. The molecule has 9 heteroatoms. The van der Waals surface area contributed by atoms with Crippen molar-refractivity contribution in [1.29, 1.82) is 0 Å². The lowest BCUT2D eigenvalue weighted by Crippen LogP contribution is -2.52. The zero-order valence-corrected chi connectivity index (χ0v) is 25.1. The summed E-state index contributed by atoms with van der Waals surface area (Å²) in [6.45, 7) is 10.6. The second kappa shape index (κ2) is 13.0. The Morgan fingerprint density at radius 2 is 1.52 bits per heavy atom. The maximum atomic E-state index is 14.0. The number of nitrogens with one attached hydrogen (secondary N) is 1. The summed E-state index contributed by atoms with van der Waals surface area (Å²) in [6.07, 6.45) is 0. The van der Waals surface area contributed by atoms with Crippen molar-refractivity contribution in [2.75, 3.05) is 18.0 Å². The van der Waals surface area contributed by atoms with Crippen LogP contribution in [0.15, 0.2) is 71.6 Å². The smallest absolute Gasteiger partial charge is 0.264 e. The molecule has 0 saturated heterocycles. The fourth-order valence-corrected chi connectivity index (χ4v) is 5.74. The standard InChI is InChI=1S/C31H39N3O5S/c1-21(2)32-31(36)25(6)33(19-26-13-15-27(39-7)16-14-26)30(35)20-34(29-10-8-9-23(4)24(29)5)40(37,38)28-17-11-22(3)12-18-28/h8-18,21,25H,19-20H2,1-7H3,(H,32,36)/t25-/m1/s1. The molecule has 0 fully saturated rings. The minimum Gasteiger partial charge on any atom is -0.497 e. The number of sulfonamides is 1. The summed E-state index contributed by atoms with van der Waals surface area (Å²) in [7, 11) is -2.55. The predicted molar refractivity (Wildman–Crippen MR) is 158 cm³/mol. The number of carbonyl (C=O) groups is 2.